The molecule has 5 aromatic rings. The summed E-state index contributed by atoms with van der Waals surface area (Å²) in [5.41, 5.74) is 5.05. The first-order valence-corrected chi connectivity index (χ1v) is 57.7. The number of alkyl carbamates (subject to hydrolysis) is 1. The number of amides is 1. The minimum absolute atomic E-state index is 0.101. The third-order valence-corrected chi connectivity index (χ3v) is 52.8. The van der Waals surface area contributed by atoms with E-state index in [-0.39, 0.29) is 39.6 Å². The van der Waals surface area contributed by atoms with Crippen molar-refractivity contribution in [3.05, 3.63) is 121 Å². The number of carbonyl (C=O) groups is 1. The average Bonchev–Trinajstić information content (AvgIpc) is 0.717. The highest BCUT2D eigenvalue weighted by atomic mass is 28.6. The van der Waals surface area contributed by atoms with Gasteiger partial charge in [0.05, 0.1) is 66.1 Å². The number of carbonyl (C=O) groups excluding carboxylic acids is 1. The van der Waals surface area contributed by atoms with Crippen molar-refractivity contribution < 1.29 is 111 Å². The van der Waals surface area contributed by atoms with E-state index in [0.29, 0.717) is 76.0 Å². The van der Waals surface area contributed by atoms with Crippen LogP contribution in [-0.4, -0.2) is 193 Å². The van der Waals surface area contributed by atoms with Crippen LogP contribution in [0.1, 0.15) is 122 Å². The summed E-state index contributed by atoms with van der Waals surface area (Å²) in [5.74, 6) is 4.30. The van der Waals surface area contributed by atoms with E-state index >= 15 is 0 Å². The highest BCUT2D eigenvalue weighted by Gasteiger charge is 2.76. The van der Waals surface area contributed by atoms with Crippen molar-refractivity contribution in [1.29, 1.82) is 0 Å². The van der Waals surface area contributed by atoms with E-state index in [1.165, 1.54) is 97.0 Å². The van der Waals surface area contributed by atoms with E-state index in [0.717, 1.165) is 71.3 Å². The Bertz CT molecular complexity index is 3280. The number of benzene rings is 5. The lowest BCUT2D eigenvalue weighted by molar-refractivity contribution is -0.0127. The molecule has 5 aromatic carbocycles. The summed E-state index contributed by atoms with van der Waals surface area (Å²) in [6.07, 6.45) is 19.8. The van der Waals surface area contributed by atoms with Gasteiger partial charge in [-0.1, -0.05) is 152 Å². The smallest absolute Gasteiger partial charge is 0.494 e. The highest BCUT2D eigenvalue weighted by Crippen LogP contribution is 2.44. The van der Waals surface area contributed by atoms with Crippen molar-refractivity contribution in [1.82, 2.24) is 5.32 Å². The van der Waals surface area contributed by atoms with Crippen LogP contribution < -0.4 is 33.7 Å². The fraction of sp³-hybridized carbons (Fsp3) is 0.581. The van der Waals surface area contributed by atoms with Gasteiger partial charge in [-0.15, -0.1) is 0 Å². The van der Waals surface area contributed by atoms with Crippen LogP contribution in [0.3, 0.4) is 0 Å². The molecule has 8 unspecified atom stereocenters. The van der Waals surface area contributed by atoms with Crippen molar-refractivity contribution in [3.63, 3.8) is 0 Å². The van der Waals surface area contributed by atoms with Crippen molar-refractivity contribution in [2.75, 3.05) is 106 Å². The molecule has 0 aliphatic carbocycles. The summed E-state index contributed by atoms with van der Waals surface area (Å²) < 4.78 is 151. The van der Waals surface area contributed by atoms with Crippen LogP contribution >= 0.6 is 0 Å². The monoisotopic (exact) mass is 1670 g/mol. The molecule has 1 amide bonds. The summed E-state index contributed by atoms with van der Waals surface area (Å²) in [6.45, 7) is 22.2. The Hall–Kier alpha value is -4.56. The number of hydrogen-bond acceptors (Lipinski definition) is 25. The summed E-state index contributed by atoms with van der Waals surface area (Å²) in [6, 6.07) is 38.4. The molecule has 0 saturated carbocycles. The van der Waals surface area contributed by atoms with Crippen LogP contribution in [-0.2, 0) is 84.1 Å². The highest BCUT2D eigenvalue weighted by molar-refractivity contribution is 6.98. The normalized spacial score (nSPS) is 24.5. The maximum Gasteiger partial charge on any atom is 0.646 e. The Labute approximate surface area is 657 Å². The van der Waals surface area contributed by atoms with Gasteiger partial charge in [-0.05, 0) is 114 Å². The zero-order valence-electron chi connectivity index (χ0n) is 65.8. The zero-order chi connectivity index (χ0) is 77.2. The van der Waals surface area contributed by atoms with Crippen molar-refractivity contribution in [2.24, 2.45) is 0 Å². The molecular weight excluding hydrogens is 1560 g/mol. The topological polar surface area (TPSA) is 251 Å². The summed E-state index contributed by atoms with van der Waals surface area (Å²) >= 11 is 0. The number of nitrogens with one attached hydrogen (secondary N) is 1. The largest absolute Gasteiger partial charge is 0.646 e. The molecule has 606 valence electrons. The van der Waals surface area contributed by atoms with Gasteiger partial charge in [0.1, 0.15) is 67.5 Å². The lowest BCUT2D eigenvalue weighted by atomic mass is 10.1. The molecule has 4 fully saturated rings. The molecule has 109 heavy (non-hydrogen) atoms. The molecule has 35 heteroatoms. The average molecular weight is 1680 g/mol. The van der Waals surface area contributed by atoms with Crippen LogP contribution in [0.15, 0.2) is 115 Å². The van der Waals surface area contributed by atoms with Crippen molar-refractivity contribution >= 4 is 87.0 Å². The summed E-state index contributed by atoms with van der Waals surface area (Å²) in [4.78, 5) is 13.3. The van der Waals surface area contributed by atoms with Gasteiger partial charge >= 0.3 is 77.3 Å². The molecule has 0 aromatic heterocycles. The van der Waals surface area contributed by atoms with Crippen LogP contribution in [0.5, 0.6) is 34.5 Å². The summed E-state index contributed by atoms with van der Waals surface area (Å²) in [7, 11) is -29.6. The predicted octanol–water partition coefficient (Wildman–Crippen LogP) is 14.4. The molecule has 8 atom stereocenters. The fourth-order valence-electron chi connectivity index (χ4n) is 12.8. The van der Waals surface area contributed by atoms with E-state index in [1.807, 2.05) is 55.1 Å². The fourth-order valence-corrected chi connectivity index (χ4v) is 55.3. The maximum absolute atomic E-state index is 13.3. The molecule has 4 aliphatic heterocycles. The minimum Gasteiger partial charge on any atom is -0.494 e. The molecule has 4 aliphatic rings. The van der Waals surface area contributed by atoms with Gasteiger partial charge in [0.2, 0.25) is 0 Å². The number of hydrogen-bond donors (Lipinski definition) is 1. The minimum atomic E-state index is -4.39. The number of fused-ring (bicyclic) bond motifs is 4. The van der Waals surface area contributed by atoms with Gasteiger partial charge in [0.25, 0.3) is 0 Å². The second-order valence-corrected chi connectivity index (χ2v) is 52.1. The van der Waals surface area contributed by atoms with Crippen LogP contribution in [0.4, 0.5) is 4.79 Å². The summed E-state index contributed by atoms with van der Waals surface area (Å²) in [5, 5.41) is 2.83. The predicted molar refractivity (Wildman–Crippen MR) is 432 cm³/mol. The number of ether oxygens (including phenoxy) is 11. The van der Waals surface area contributed by atoms with Crippen LogP contribution in [0, 0.1) is 0 Å². The van der Waals surface area contributed by atoms with Gasteiger partial charge in [0.15, 0.2) is 9.76 Å². The lowest BCUT2D eigenvalue weighted by Crippen LogP contribution is -2.82. The van der Waals surface area contributed by atoms with E-state index in [4.69, 9.17) is 106 Å². The second kappa shape index (κ2) is 45.5. The third-order valence-electron chi connectivity index (χ3n) is 17.8. The molecule has 1 N–H and O–H groups in total. The van der Waals surface area contributed by atoms with Crippen LogP contribution in [0.25, 0.3) is 22.3 Å². The molecule has 6 bridgehead atoms. The lowest BCUT2D eigenvalue weighted by Gasteiger charge is -2.56. The Balaban J connectivity index is 0.687. The first kappa shape index (κ1) is 88.4. The van der Waals surface area contributed by atoms with E-state index in [9.17, 15) is 4.79 Å². The van der Waals surface area contributed by atoms with Crippen molar-refractivity contribution in [2.45, 2.75) is 175 Å². The Kier molecular flexibility index (Phi) is 36.9. The SMILES string of the molecule is CCCCCCCCCCOc1ccc(-c2ccc(OCCOCCOCCOc3cc(COC(=O)NCC[SiH2]O[Si]45O[Si](C)(OC)O[Si]6(C)O[Si]7(C)O[SiH](C)O[Si](C)(O[Si](C)(O7)O[Si](C)(O6)O4)O5)cc(OCCOCCOCCOc4ccc(-c5ccc(OCCCCCCCCCC)cc5)cc4)c3)cc2)cc1. The third kappa shape index (κ3) is 31.3. The maximum atomic E-state index is 13.3. The molecule has 0 radical (unpaired) electrons. The van der Waals surface area contributed by atoms with Gasteiger partial charge in [0, 0.05) is 59.0 Å². The Morgan fingerprint density at radius 1 is 0.385 bits per heavy atom. The number of rotatable bonds is 52. The van der Waals surface area contributed by atoms with E-state index < -0.39 is 87.0 Å². The quantitative estimate of drug-likeness (QED) is 0.0280. The molecular formula is C74H119NO25Si9. The Morgan fingerprint density at radius 3 is 1.12 bits per heavy atom. The first-order valence-electron chi connectivity index (χ1n) is 39.1. The standard InChI is InChI=1S/C74H119NO25Si9/c1-11-13-15-17-19-21-23-25-44-82-68-35-27-64(28-36-68)66-31-39-70(40-32-66)84-54-50-78-46-48-80-52-56-86-72-59-63(60-73(61-72)87-57-53-81-49-47-79-51-55-85-71-41-33-67(34-42-71)65-29-37-69(38-30-65)83-45-26-24-22-20-18-16-14-12-2)62-88-74(76)75-43-58-101-89-109-98-103(5,77-3)92-106(8)93-104(6)90-102(4)91-105(7,99-109)95-107(9,94-104)97-108(10,96-106)100-109/h27-42,59-61,102H,11-26,43-58,62,101H2,1-10H3,(H,75,76). The second-order valence-electron chi connectivity index (χ2n) is 27.7. The Morgan fingerprint density at radius 2 is 0.716 bits per heavy atom. The van der Waals surface area contributed by atoms with E-state index in [2.05, 4.69) is 67.7 Å². The van der Waals surface area contributed by atoms with Gasteiger partial charge in [-0.2, -0.15) is 0 Å². The van der Waals surface area contributed by atoms with E-state index in [1.54, 1.807) is 57.5 Å². The first-order chi connectivity index (χ1) is 52.7. The van der Waals surface area contributed by atoms with Gasteiger partial charge < -0.3 is 111 Å². The zero-order valence-corrected chi connectivity index (χ0v) is 75.4. The molecule has 4 saturated heterocycles. The van der Waals surface area contributed by atoms with Crippen molar-refractivity contribution in [3.8, 4) is 56.8 Å². The molecule has 26 nitrogen and oxygen atoms in total. The molecule has 0 spiro atoms. The van der Waals surface area contributed by atoms with Gasteiger partial charge in [-0.3, -0.25) is 0 Å². The number of unbranched alkanes of at least 4 members (excludes halogenated alkanes) is 14. The van der Waals surface area contributed by atoms with Gasteiger partial charge in [-0.25, -0.2) is 4.79 Å². The van der Waals surface area contributed by atoms with Crippen LogP contribution in [0.2, 0.25) is 51.9 Å². The molecule has 9 rings (SSSR count). The molecule has 4 heterocycles.